The van der Waals surface area contributed by atoms with Crippen LogP contribution >= 0.6 is 0 Å². The predicted octanol–water partition coefficient (Wildman–Crippen LogP) is 2.11. The van der Waals surface area contributed by atoms with Crippen molar-refractivity contribution < 1.29 is 19.4 Å². The molecule has 1 aliphatic heterocycles. The molecule has 0 unspecified atom stereocenters. The SMILES string of the molecule is COc1ccccc1C(=O)C[C@@]1(O)C(=O)Nc2ccccc21. The molecule has 2 aromatic carbocycles. The predicted molar refractivity (Wildman–Crippen MR) is 80.9 cm³/mol. The molecule has 0 spiro atoms. The Morgan fingerprint density at radius 3 is 2.64 bits per heavy atom. The summed E-state index contributed by atoms with van der Waals surface area (Å²) in [5.41, 5.74) is -0.559. The summed E-state index contributed by atoms with van der Waals surface area (Å²) in [6.45, 7) is 0. The van der Waals surface area contributed by atoms with Crippen molar-refractivity contribution in [3.05, 3.63) is 59.7 Å². The lowest BCUT2D eigenvalue weighted by Gasteiger charge is -2.20. The second kappa shape index (κ2) is 5.27. The highest BCUT2D eigenvalue weighted by Crippen LogP contribution is 2.39. The lowest BCUT2D eigenvalue weighted by molar-refractivity contribution is -0.133. The number of ketones is 1. The van der Waals surface area contributed by atoms with E-state index in [0.717, 1.165) is 0 Å². The van der Waals surface area contributed by atoms with E-state index in [9.17, 15) is 14.7 Å². The topological polar surface area (TPSA) is 75.6 Å². The highest BCUT2D eigenvalue weighted by atomic mass is 16.5. The number of para-hydroxylation sites is 2. The molecule has 1 amide bonds. The maximum Gasteiger partial charge on any atom is 0.261 e. The summed E-state index contributed by atoms with van der Waals surface area (Å²) in [7, 11) is 1.47. The standard InChI is InChI=1S/C17H15NO4/c1-22-15-9-5-2-6-11(15)14(19)10-17(21)12-7-3-4-8-13(12)18-16(17)20/h2-9,21H,10H2,1H3,(H,18,20)/t17-/m0/s1. The van der Waals surface area contributed by atoms with Crippen molar-refractivity contribution in [3.63, 3.8) is 0 Å². The van der Waals surface area contributed by atoms with Crippen molar-refractivity contribution in [2.75, 3.05) is 12.4 Å². The van der Waals surface area contributed by atoms with E-state index >= 15 is 0 Å². The number of anilines is 1. The van der Waals surface area contributed by atoms with Crippen molar-refractivity contribution in [3.8, 4) is 5.75 Å². The molecule has 1 aliphatic rings. The van der Waals surface area contributed by atoms with Crippen molar-refractivity contribution in [1.29, 1.82) is 0 Å². The van der Waals surface area contributed by atoms with Crippen LogP contribution in [0.25, 0.3) is 0 Å². The highest BCUT2D eigenvalue weighted by Gasteiger charge is 2.46. The lowest BCUT2D eigenvalue weighted by Crippen LogP contribution is -2.36. The van der Waals surface area contributed by atoms with Crippen LogP contribution in [0.5, 0.6) is 5.75 Å². The van der Waals surface area contributed by atoms with Crippen molar-refractivity contribution in [1.82, 2.24) is 0 Å². The molecule has 5 heteroatoms. The maximum absolute atomic E-state index is 12.5. The van der Waals surface area contributed by atoms with Crippen LogP contribution in [-0.4, -0.2) is 23.9 Å². The number of carbonyl (C=O) groups is 2. The van der Waals surface area contributed by atoms with Crippen LogP contribution in [0.2, 0.25) is 0 Å². The normalized spacial score (nSPS) is 19.5. The summed E-state index contributed by atoms with van der Waals surface area (Å²) in [6, 6.07) is 13.6. The third-order valence-corrected chi connectivity index (χ3v) is 3.82. The summed E-state index contributed by atoms with van der Waals surface area (Å²) < 4.78 is 5.16. The number of methoxy groups -OCH3 is 1. The Morgan fingerprint density at radius 1 is 1.18 bits per heavy atom. The fourth-order valence-electron chi connectivity index (χ4n) is 2.68. The van der Waals surface area contributed by atoms with Crippen LogP contribution in [0.1, 0.15) is 22.3 Å². The van der Waals surface area contributed by atoms with E-state index in [1.54, 1.807) is 48.5 Å². The zero-order valence-electron chi connectivity index (χ0n) is 12.0. The first-order valence-corrected chi connectivity index (χ1v) is 6.86. The third-order valence-electron chi connectivity index (χ3n) is 3.82. The van der Waals surface area contributed by atoms with Crippen molar-refractivity contribution >= 4 is 17.4 Å². The van der Waals surface area contributed by atoms with Gasteiger partial charge >= 0.3 is 0 Å². The molecule has 5 nitrogen and oxygen atoms in total. The Labute approximate surface area is 127 Å². The number of hydrogen-bond donors (Lipinski definition) is 2. The van der Waals surface area contributed by atoms with Gasteiger partial charge in [-0.05, 0) is 18.2 Å². The molecule has 0 aliphatic carbocycles. The average Bonchev–Trinajstić information content (AvgIpc) is 2.78. The van der Waals surface area contributed by atoms with Gasteiger partial charge in [0.2, 0.25) is 0 Å². The summed E-state index contributed by atoms with van der Waals surface area (Å²) >= 11 is 0. The number of ether oxygens (including phenoxy) is 1. The minimum atomic E-state index is -1.85. The van der Waals surface area contributed by atoms with Gasteiger partial charge in [0, 0.05) is 11.3 Å². The first kappa shape index (κ1) is 14.3. The molecule has 1 atom stereocenters. The van der Waals surface area contributed by atoms with Gasteiger partial charge in [-0.15, -0.1) is 0 Å². The second-order valence-corrected chi connectivity index (χ2v) is 5.16. The van der Waals surface area contributed by atoms with Gasteiger partial charge < -0.3 is 15.2 Å². The molecule has 0 saturated heterocycles. The molecule has 2 aromatic rings. The average molecular weight is 297 g/mol. The summed E-state index contributed by atoms with van der Waals surface area (Å²) in [5.74, 6) is -0.522. The van der Waals surface area contributed by atoms with Crippen LogP contribution in [-0.2, 0) is 10.4 Å². The van der Waals surface area contributed by atoms with Crippen LogP contribution < -0.4 is 10.1 Å². The molecule has 0 fully saturated rings. The monoisotopic (exact) mass is 297 g/mol. The molecule has 1 heterocycles. The van der Waals surface area contributed by atoms with Crippen LogP contribution in [0.4, 0.5) is 5.69 Å². The minimum Gasteiger partial charge on any atom is -0.496 e. The number of aliphatic hydroxyl groups is 1. The molecule has 0 aromatic heterocycles. The van der Waals surface area contributed by atoms with E-state index in [1.165, 1.54) is 7.11 Å². The molecular formula is C17H15NO4. The number of Topliss-reactive ketones (excluding diaryl/α,β-unsaturated/α-hetero) is 1. The van der Waals surface area contributed by atoms with Gasteiger partial charge in [-0.1, -0.05) is 30.3 Å². The molecule has 0 bridgehead atoms. The number of carbonyl (C=O) groups excluding carboxylic acids is 2. The Morgan fingerprint density at radius 2 is 1.86 bits per heavy atom. The van der Waals surface area contributed by atoms with E-state index in [-0.39, 0.29) is 12.2 Å². The summed E-state index contributed by atoms with van der Waals surface area (Å²) in [6.07, 6.45) is -0.337. The fourth-order valence-corrected chi connectivity index (χ4v) is 2.68. The van der Waals surface area contributed by atoms with E-state index < -0.39 is 11.5 Å². The van der Waals surface area contributed by atoms with E-state index in [4.69, 9.17) is 4.74 Å². The highest BCUT2D eigenvalue weighted by molar-refractivity contribution is 6.09. The van der Waals surface area contributed by atoms with E-state index in [0.29, 0.717) is 22.6 Å². The van der Waals surface area contributed by atoms with Gasteiger partial charge in [0.1, 0.15) is 5.75 Å². The zero-order chi connectivity index (χ0) is 15.7. The molecule has 0 saturated carbocycles. The van der Waals surface area contributed by atoms with E-state index in [2.05, 4.69) is 5.32 Å². The van der Waals surface area contributed by atoms with Gasteiger partial charge in [-0.3, -0.25) is 9.59 Å². The third kappa shape index (κ3) is 2.16. The van der Waals surface area contributed by atoms with Gasteiger partial charge in [0.05, 0.1) is 19.1 Å². The number of hydrogen-bond acceptors (Lipinski definition) is 4. The number of nitrogens with one attached hydrogen (secondary N) is 1. The zero-order valence-corrected chi connectivity index (χ0v) is 12.0. The van der Waals surface area contributed by atoms with Crippen LogP contribution in [0.15, 0.2) is 48.5 Å². The van der Waals surface area contributed by atoms with Gasteiger partial charge in [0.15, 0.2) is 11.4 Å². The summed E-state index contributed by atoms with van der Waals surface area (Å²) in [5, 5.41) is 13.3. The Balaban J connectivity index is 1.95. The first-order chi connectivity index (χ1) is 10.6. The number of rotatable bonds is 4. The summed E-state index contributed by atoms with van der Waals surface area (Å²) in [4.78, 5) is 24.7. The molecule has 3 rings (SSSR count). The molecule has 112 valence electrons. The van der Waals surface area contributed by atoms with Gasteiger partial charge in [-0.25, -0.2) is 0 Å². The van der Waals surface area contributed by atoms with Gasteiger partial charge in [-0.2, -0.15) is 0 Å². The van der Waals surface area contributed by atoms with Gasteiger partial charge in [0.25, 0.3) is 5.91 Å². The Bertz CT molecular complexity index is 756. The molecule has 0 radical (unpaired) electrons. The lowest BCUT2D eigenvalue weighted by atomic mass is 9.88. The maximum atomic E-state index is 12.5. The quantitative estimate of drug-likeness (QED) is 0.848. The first-order valence-electron chi connectivity index (χ1n) is 6.86. The van der Waals surface area contributed by atoms with Crippen molar-refractivity contribution in [2.45, 2.75) is 12.0 Å². The van der Waals surface area contributed by atoms with E-state index in [1.807, 2.05) is 0 Å². The second-order valence-electron chi connectivity index (χ2n) is 5.16. The Kier molecular flexibility index (Phi) is 3.42. The molecular weight excluding hydrogens is 282 g/mol. The number of benzene rings is 2. The molecule has 22 heavy (non-hydrogen) atoms. The smallest absolute Gasteiger partial charge is 0.261 e. The van der Waals surface area contributed by atoms with Crippen LogP contribution in [0, 0.1) is 0 Å². The fraction of sp³-hybridized carbons (Fsp3) is 0.176. The Hall–Kier alpha value is -2.66. The number of fused-ring (bicyclic) bond motifs is 1. The van der Waals surface area contributed by atoms with Crippen molar-refractivity contribution in [2.24, 2.45) is 0 Å². The largest absolute Gasteiger partial charge is 0.496 e. The minimum absolute atomic E-state index is 0.337. The molecule has 2 N–H and O–H groups in total. The van der Waals surface area contributed by atoms with Crippen LogP contribution in [0.3, 0.4) is 0 Å². The number of amides is 1.